The van der Waals surface area contributed by atoms with Gasteiger partial charge in [-0.15, -0.1) is 0 Å². The molecule has 0 spiro atoms. The molecule has 0 radical (unpaired) electrons. The molecule has 4 nitrogen and oxygen atoms in total. The smallest absolute Gasteiger partial charge is 0.133 e. The summed E-state index contributed by atoms with van der Waals surface area (Å²) in [4.78, 5) is 3.98. The summed E-state index contributed by atoms with van der Waals surface area (Å²) in [5.74, 6) is 0.778. The van der Waals surface area contributed by atoms with Crippen molar-refractivity contribution in [2.45, 2.75) is 20.0 Å². The number of anilines is 2. The van der Waals surface area contributed by atoms with E-state index in [0.29, 0.717) is 22.7 Å². The van der Waals surface area contributed by atoms with Crippen LogP contribution in [-0.4, -0.2) is 11.1 Å². The second-order valence-corrected chi connectivity index (χ2v) is 4.48. The number of benzene rings is 1. The fourth-order valence-corrected chi connectivity index (χ4v) is 1.79. The molecule has 1 heterocycles. The molecule has 0 unspecified atom stereocenters. The Hall–Kier alpha value is -2.30. The Labute approximate surface area is 111 Å². The van der Waals surface area contributed by atoms with Gasteiger partial charge in [0.15, 0.2) is 0 Å². The summed E-state index contributed by atoms with van der Waals surface area (Å²) in [6.45, 7) is 3.80. The van der Waals surface area contributed by atoms with Gasteiger partial charge in [-0.3, -0.25) is 0 Å². The van der Waals surface area contributed by atoms with Crippen LogP contribution >= 0.6 is 0 Å². The van der Waals surface area contributed by atoms with E-state index in [1.54, 1.807) is 18.2 Å². The van der Waals surface area contributed by atoms with Crippen molar-refractivity contribution in [2.75, 3.05) is 11.5 Å². The summed E-state index contributed by atoms with van der Waals surface area (Å²) in [6, 6.07) is 7.64. The van der Waals surface area contributed by atoms with E-state index in [9.17, 15) is 4.39 Å². The third kappa shape index (κ3) is 2.93. The van der Waals surface area contributed by atoms with Gasteiger partial charge >= 0.3 is 0 Å². The van der Waals surface area contributed by atoms with Gasteiger partial charge in [-0.2, -0.15) is 0 Å². The molecule has 0 aliphatic carbocycles. The molecule has 2 aromatic rings. The number of hydrogen-bond donors (Lipinski definition) is 2. The molecule has 0 saturated heterocycles. The normalized spacial score (nSPS) is 10.7. The topological polar surface area (TPSA) is 74.2 Å². The van der Waals surface area contributed by atoms with Crippen LogP contribution in [0.4, 0.5) is 16.0 Å². The number of nitrogens with zero attached hydrogens (tertiary/aromatic N) is 1. The number of nitrogen functional groups attached to an aromatic ring is 2. The lowest BCUT2D eigenvalue weighted by atomic mass is 10.1. The molecule has 2 rings (SSSR count). The number of aromatic nitrogens is 1. The number of halogens is 1. The minimum absolute atomic E-state index is 0.0211. The van der Waals surface area contributed by atoms with Gasteiger partial charge in [-0.25, -0.2) is 9.37 Å². The van der Waals surface area contributed by atoms with Crippen LogP contribution in [0.2, 0.25) is 0 Å². The minimum atomic E-state index is -0.359. The van der Waals surface area contributed by atoms with Crippen LogP contribution in [0.15, 0.2) is 30.3 Å². The summed E-state index contributed by atoms with van der Waals surface area (Å²) >= 11 is 0. The molecule has 4 N–H and O–H groups in total. The highest BCUT2D eigenvalue weighted by Gasteiger charge is 2.13. The van der Waals surface area contributed by atoms with Crippen LogP contribution in [0, 0.1) is 5.82 Å². The van der Waals surface area contributed by atoms with Crippen LogP contribution in [0.25, 0.3) is 11.1 Å². The molecule has 0 aliphatic rings. The highest BCUT2D eigenvalue weighted by atomic mass is 19.1. The summed E-state index contributed by atoms with van der Waals surface area (Å²) in [7, 11) is 0. The Morgan fingerprint density at radius 2 is 1.84 bits per heavy atom. The van der Waals surface area contributed by atoms with Crippen molar-refractivity contribution in [3.05, 3.63) is 36.1 Å². The molecule has 19 heavy (non-hydrogen) atoms. The Morgan fingerprint density at radius 1 is 1.11 bits per heavy atom. The van der Waals surface area contributed by atoms with E-state index < -0.39 is 0 Å². The quantitative estimate of drug-likeness (QED) is 0.891. The van der Waals surface area contributed by atoms with Crippen LogP contribution < -0.4 is 16.2 Å². The van der Waals surface area contributed by atoms with Gasteiger partial charge in [0.2, 0.25) is 0 Å². The lowest BCUT2D eigenvalue weighted by molar-refractivity contribution is 0.243. The molecule has 0 atom stereocenters. The van der Waals surface area contributed by atoms with Gasteiger partial charge in [0.25, 0.3) is 0 Å². The highest BCUT2D eigenvalue weighted by molar-refractivity contribution is 5.79. The highest BCUT2D eigenvalue weighted by Crippen LogP contribution is 2.34. The van der Waals surface area contributed by atoms with Gasteiger partial charge in [0, 0.05) is 11.1 Å². The van der Waals surface area contributed by atoms with Crippen LogP contribution in [0.3, 0.4) is 0 Å². The molecule has 100 valence electrons. The molecule has 5 heteroatoms. The van der Waals surface area contributed by atoms with Crippen molar-refractivity contribution >= 4 is 11.6 Å². The summed E-state index contributed by atoms with van der Waals surface area (Å²) in [6.07, 6.45) is -0.0211. The van der Waals surface area contributed by atoms with Crippen molar-refractivity contribution in [3.8, 4) is 16.9 Å². The zero-order valence-corrected chi connectivity index (χ0v) is 10.9. The van der Waals surface area contributed by atoms with E-state index in [0.717, 1.165) is 0 Å². The second-order valence-electron chi connectivity index (χ2n) is 4.48. The van der Waals surface area contributed by atoms with E-state index in [-0.39, 0.29) is 17.7 Å². The third-order valence-corrected chi connectivity index (χ3v) is 2.54. The first-order valence-electron chi connectivity index (χ1n) is 5.96. The average molecular weight is 261 g/mol. The summed E-state index contributed by atoms with van der Waals surface area (Å²) < 4.78 is 19.1. The van der Waals surface area contributed by atoms with Gasteiger partial charge in [0.05, 0.1) is 6.10 Å². The zero-order valence-electron chi connectivity index (χ0n) is 10.9. The molecule has 1 aromatic heterocycles. The van der Waals surface area contributed by atoms with Crippen molar-refractivity contribution in [1.29, 1.82) is 0 Å². The van der Waals surface area contributed by atoms with E-state index in [4.69, 9.17) is 16.2 Å². The standard InChI is InChI=1S/C14H16FN3O/c1-8(2)19-12-5-3-9(15)7-11(12)10-4-6-13(16)18-14(10)17/h3-8H,1-2H3,(H4,16,17,18). The molecule has 0 bridgehead atoms. The zero-order chi connectivity index (χ0) is 14.0. The third-order valence-electron chi connectivity index (χ3n) is 2.54. The van der Waals surface area contributed by atoms with E-state index in [1.165, 1.54) is 12.1 Å². The van der Waals surface area contributed by atoms with Gasteiger partial charge in [-0.1, -0.05) is 0 Å². The van der Waals surface area contributed by atoms with Crippen LogP contribution in [-0.2, 0) is 0 Å². The predicted octanol–water partition coefficient (Wildman–Crippen LogP) is 2.84. The van der Waals surface area contributed by atoms with E-state index in [1.807, 2.05) is 13.8 Å². The van der Waals surface area contributed by atoms with Gasteiger partial charge in [0.1, 0.15) is 23.2 Å². The number of hydrogen-bond acceptors (Lipinski definition) is 4. The fourth-order valence-electron chi connectivity index (χ4n) is 1.79. The first-order valence-corrected chi connectivity index (χ1v) is 5.96. The lowest BCUT2D eigenvalue weighted by Crippen LogP contribution is -2.07. The molecule has 0 aliphatic heterocycles. The molecule has 0 saturated carbocycles. The summed E-state index contributed by atoms with van der Waals surface area (Å²) in [5.41, 5.74) is 12.6. The molecule has 0 fully saturated rings. The lowest BCUT2D eigenvalue weighted by Gasteiger charge is -2.15. The van der Waals surface area contributed by atoms with Crippen molar-refractivity contribution in [3.63, 3.8) is 0 Å². The Morgan fingerprint density at radius 3 is 2.47 bits per heavy atom. The first-order chi connectivity index (χ1) is 8.97. The maximum absolute atomic E-state index is 13.4. The van der Waals surface area contributed by atoms with E-state index >= 15 is 0 Å². The average Bonchev–Trinajstić information content (AvgIpc) is 2.31. The van der Waals surface area contributed by atoms with Gasteiger partial charge < -0.3 is 16.2 Å². The Balaban J connectivity index is 2.56. The van der Waals surface area contributed by atoms with Crippen molar-refractivity contribution in [2.24, 2.45) is 0 Å². The molecular formula is C14H16FN3O. The Kier molecular flexibility index (Phi) is 3.55. The maximum atomic E-state index is 13.4. The maximum Gasteiger partial charge on any atom is 0.133 e. The number of nitrogens with two attached hydrogens (primary N) is 2. The molecular weight excluding hydrogens is 245 g/mol. The van der Waals surface area contributed by atoms with Crippen LogP contribution in [0.5, 0.6) is 5.75 Å². The van der Waals surface area contributed by atoms with Crippen LogP contribution in [0.1, 0.15) is 13.8 Å². The Bertz CT molecular complexity index is 599. The molecule has 1 aromatic carbocycles. The molecule has 0 amide bonds. The minimum Gasteiger partial charge on any atom is -0.490 e. The number of ether oxygens (including phenoxy) is 1. The first kappa shape index (κ1) is 13.1. The van der Waals surface area contributed by atoms with Crippen molar-refractivity contribution < 1.29 is 9.13 Å². The number of pyridine rings is 1. The van der Waals surface area contributed by atoms with E-state index in [2.05, 4.69) is 4.98 Å². The largest absolute Gasteiger partial charge is 0.490 e. The summed E-state index contributed by atoms with van der Waals surface area (Å²) in [5, 5.41) is 0. The second kappa shape index (κ2) is 5.14. The SMILES string of the molecule is CC(C)Oc1ccc(F)cc1-c1ccc(N)nc1N. The predicted molar refractivity (Wildman–Crippen MR) is 74.2 cm³/mol. The fraction of sp³-hybridized carbons (Fsp3) is 0.214. The monoisotopic (exact) mass is 261 g/mol. The number of rotatable bonds is 3. The van der Waals surface area contributed by atoms with Crippen molar-refractivity contribution in [1.82, 2.24) is 4.98 Å². The van der Waals surface area contributed by atoms with Gasteiger partial charge in [-0.05, 0) is 44.2 Å².